The van der Waals surface area contributed by atoms with Gasteiger partial charge in [0.1, 0.15) is 17.3 Å². The first-order valence-corrected chi connectivity index (χ1v) is 5.59. The van der Waals surface area contributed by atoms with Crippen LogP contribution in [0.5, 0.6) is 0 Å². The van der Waals surface area contributed by atoms with E-state index in [1.54, 1.807) is 0 Å². The van der Waals surface area contributed by atoms with Crippen LogP contribution in [-0.2, 0) is 11.2 Å². The Morgan fingerprint density at radius 2 is 2.25 bits per heavy atom. The highest BCUT2D eigenvalue weighted by atomic mass is 35.5. The lowest BCUT2D eigenvalue weighted by atomic mass is 10.2. The van der Waals surface area contributed by atoms with Crippen molar-refractivity contribution in [3.63, 3.8) is 0 Å². The van der Waals surface area contributed by atoms with E-state index in [1.807, 2.05) is 6.92 Å². The summed E-state index contributed by atoms with van der Waals surface area (Å²) < 4.78 is 5.12. The summed E-state index contributed by atoms with van der Waals surface area (Å²) in [4.78, 5) is 8.03. The third kappa shape index (κ3) is 3.92. The number of rotatable bonds is 7. The molecule has 0 aliphatic carbocycles. The van der Waals surface area contributed by atoms with Gasteiger partial charge in [-0.15, -0.1) is 0 Å². The molecule has 0 spiro atoms. The first-order valence-electron chi connectivity index (χ1n) is 5.21. The fraction of sp³-hybridized carbons (Fsp3) is 0.600. The van der Waals surface area contributed by atoms with Crippen molar-refractivity contribution in [2.45, 2.75) is 13.3 Å². The Hall–Kier alpha value is -0.910. The minimum absolute atomic E-state index is 0.0412. The molecule has 0 radical (unpaired) electrons. The second kappa shape index (κ2) is 7.38. The van der Waals surface area contributed by atoms with Crippen LogP contribution in [0.2, 0.25) is 5.15 Å². The molecule has 0 aromatic carbocycles. The first kappa shape index (κ1) is 13.2. The number of hydrogen-bond acceptors (Lipinski definition) is 5. The minimum atomic E-state index is 0.0412. The van der Waals surface area contributed by atoms with Crippen LogP contribution in [0.1, 0.15) is 12.5 Å². The maximum Gasteiger partial charge on any atom is 0.137 e. The third-order valence-corrected chi connectivity index (χ3v) is 2.35. The maximum absolute atomic E-state index is 8.52. The zero-order valence-corrected chi connectivity index (χ0v) is 10.00. The smallest absolute Gasteiger partial charge is 0.137 e. The number of aliphatic hydroxyl groups excluding tert-OH is 1. The van der Waals surface area contributed by atoms with Crippen LogP contribution in [0, 0.1) is 0 Å². The fourth-order valence-electron chi connectivity index (χ4n) is 1.26. The van der Waals surface area contributed by atoms with Crippen LogP contribution in [0.4, 0.5) is 5.82 Å². The van der Waals surface area contributed by atoms with Gasteiger partial charge in [-0.25, -0.2) is 9.97 Å². The molecule has 0 saturated heterocycles. The molecule has 90 valence electrons. The van der Waals surface area contributed by atoms with Gasteiger partial charge in [-0.05, 0) is 6.42 Å². The van der Waals surface area contributed by atoms with Crippen LogP contribution in [-0.4, -0.2) is 41.4 Å². The Morgan fingerprint density at radius 3 is 2.94 bits per heavy atom. The Labute approximate surface area is 99.8 Å². The Kier molecular flexibility index (Phi) is 6.07. The van der Waals surface area contributed by atoms with E-state index in [1.165, 1.54) is 6.33 Å². The van der Waals surface area contributed by atoms with Gasteiger partial charge >= 0.3 is 0 Å². The topological polar surface area (TPSA) is 67.3 Å². The van der Waals surface area contributed by atoms with Crippen molar-refractivity contribution in [1.29, 1.82) is 0 Å². The largest absolute Gasteiger partial charge is 0.394 e. The van der Waals surface area contributed by atoms with E-state index >= 15 is 0 Å². The number of anilines is 1. The van der Waals surface area contributed by atoms with E-state index in [2.05, 4.69) is 15.3 Å². The predicted octanol–water partition coefficient (Wildman–Crippen LogP) is 1.11. The molecule has 6 heteroatoms. The molecule has 16 heavy (non-hydrogen) atoms. The number of nitrogens with one attached hydrogen (secondary N) is 1. The highest BCUT2D eigenvalue weighted by molar-refractivity contribution is 6.30. The molecular formula is C10H16ClN3O2. The predicted molar refractivity (Wildman–Crippen MR) is 62.8 cm³/mol. The second-order valence-electron chi connectivity index (χ2n) is 3.11. The molecule has 1 aromatic heterocycles. The third-order valence-electron chi connectivity index (χ3n) is 2.02. The molecule has 0 atom stereocenters. The van der Waals surface area contributed by atoms with E-state index in [-0.39, 0.29) is 6.61 Å². The molecule has 0 fully saturated rings. The molecule has 1 aromatic rings. The summed E-state index contributed by atoms with van der Waals surface area (Å²) in [5.41, 5.74) is 0.909. The maximum atomic E-state index is 8.52. The summed E-state index contributed by atoms with van der Waals surface area (Å²) in [6, 6.07) is 0. The quantitative estimate of drug-likeness (QED) is 0.557. The number of aliphatic hydroxyl groups is 1. The molecule has 0 amide bonds. The number of hydrogen-bond donors (Lipinski definition) is 2. The van der Waals surface area contributed by atoms with Crippen LogP contribution >= 0.6 is 11.6 Å². The van der Waals surface area contributed by atoms with E-state index in [0.717, 1.165) is 17.8 Å². The van der Waals surface area contributed by atoms with Gasteiger partial charge in [0.25, 0.3) is 0 Å². The SMILES string of the molecule is CCc1c(Cl)ncnc1NCCOCCO. The first-order chi connectivity index (χ1) is 7.79. The average molecular weight is 246 g/mol. The normalized spacial score (nSPS) is 10.4. The molecule has 1 heterocycles. The number of nitrogens with zero attached hydrogens (tertiary/aromatic N) is 2. The summed E-state index contributed by atoms with van der Waals surface area (Å²) in [5.74, 6) is 0.745. The lowest BCUT2D eigenvalue weighted by Gasteiger charge is -2.10. The van der Waals surface area contributed by atoms with Gasteiger partial charge in [0.05, 0.1) is 19.8 Å². The van der Waals surface area contributed by atoms with Gasteiger partial charge in [-0.3, -0.25) is 0 Å². The highest BCUT2D eigenvalue weighted by Crippen LogP contribution is 2.19. The minimum Gasteiger partial charge on any atom is -0.394 e. The van der Waals surface area contributed by atoms with Gasteiger partial charge in [0.15, 0.2) is 0 Å². The summed E-state index contributed by atoms with van der Waals surface area (Å²) in [6.45, 7) is 3.54. The van der Waals surface area contributed by atoms with E-state index in [0.29, 0.717) is 24.9 Å². The second-order valence-corrected chi connectivity index (χ2v) is 3.47. The standard InChI is InChI=1S/C10H16ClN3O2/c1-2-8-9(11)13-7-14-10(8)12-3-5-16-6-4-15/h7,15H,2-6H2,1H3,(H,12,13,14). The summed E-state index contributed by atoms with van der Waals surface area (Å²) in [5, 5.41) is 12.1. The fourth-order valence-corrected chi connectivity index (χ4v) is 1.53. The van der Waals surface area contributed by atoms with Crippen molar-refractivity contribution >= 4 is 17.4 Å². The lowest BCUT2D eigenvalue weighted by molar-refractivity contribution is 0.0992. The van der Waals surface area contributed by atoms with Gasteiger partial charge in [-0.1, -0.05) is 18.5 Å². The van der Waals surface area contributed by atoms with Crippen molar-refractivity contribution in [1.82, 2.24) is 9.97 Å². The van der Waals surface area contributed by atoms with Crippen LogP contribution < -0.4 is 5.32 Å². The monoisotopic (exact) mass is 245 g/mol. The van der Waals surface area contributed by atoms with Crippen LogP contribution in [0.15, 0.2) is 6.33 Å². The Morgan fingerprint density at radius 1 is 1.44 bits per heavy atom. The van der Waals surface area contributed by atoms with Crippen LogP contribution in [0.3, 0.4) is 0 Å². The van der Waals surface area contributed by atoms with E-state index in [4.69, 9.17) is 21.4 Å². The van der Waals surface area contributed by atoms with Gasteiger partial charge < -0.3 is 15.2 Å². The number of ether oxygens (including phenoxy) is 1. The summed E-state index contributed by atoms with van der Waals surface area (Å²) in [6.07, 6.45) is 2.21. The molecule has 0 aliphatic heterocycles. The van der Waals surface area contributed by atoms with Crippen molar-refractivity contribution in [3.05, 3.63) is 17.0 Å². The average Bonchev–Trinajstić information content (AvgIpc) is 2.29. The molecule has 0 bridgehead atoms. The lowest BCUT2D eigenvalue weighted by Crippen LogP contribution is -2.13. The molecule has 0 unspecified atom stereocenters. The zero-order chi connectivity index (χ0) is 11.8. The summed E-state index contributed by atoms with van der Waals surface area (Å²) in [7, 11) is 0. The Balaban J connectivity index is 2.44. The van der Waals surface area contributed by atoms with E-state index in [9.17, 15) is 0 Å². The highest BCUT2D eigenvalue weighted by Gasteiger charge is 2.06. The van der Waals surface area contributed by atoms with E-state index < -0.39 is 0 Å². The van der Waals surface area contributed by atoms with Crippen molar-refractivity contribution in [2.75, 3.05) is 31.7 Å². The molecule has 0 saturated carbocycles. The van der Waals surface area contributed by atoms with Crippen molar-refractivity contribution < 1.29 is 9.84 Å². The molecule has 5 nitrogen and oxygen atoms in total. The van der Waals surface area contributed by atoms with Gasteiger partial charge in [0, 0.05) is 12.1 Å². The van der Waals surface area contributed by atoms with Crippen LogP contribution in [0.25, 0.3) is 0 Å². The van der Waals surface area contributed by atoms with Crippen molar-refractivity contribution in [3.8, 4) is 0 Å². The molecule has 2 N–H and O–H groups in total. The Bertz CT molecular complexity index is 323. The van der Waals surface area contributed by atoms with Gasteiger partial charge in [0.2, 0.25) is 0 Å². The molecule has 0 aliphatic rings. The number of halogens is 1. The number of aromatic nitrogens is 2. The van der Waals surface area contributed by atoms with Crippen molar-refractivity contribution in [2.24, 2.45) is 0 Å². The zero-order valence-electron chi connectivity index (χ0n) is 9.24. The van der Waals surface area contributed by atoms with Gasteiger partial charge in [-0.2, -0.15) is 0 Å². The summed E-state index contributed by atoms with van der Waals surface area (Å²) >= 11 is 5.94. The molecule has 1 rings (SSSR count). The molecular weight excluding hydrogens is 230 g/mol.